The Bertz CT molecular complexity index is 569. The van der Waals surface area contributed by atoms with Crippen LogP contribution in [0.1, 0.15) is 18.0 Å². The normalized spacial score (nSPS) is 23.9. The van der Waals surface area contributed by atoms with Crippen molar-refractivity contribution in [3.05, 3.63) is 29.8 Å². The molecule has 1 unspecified atom stereocenters. The van der Waals surface area contributed by atoms with Crippen LogP contribution in [0.5, 0.6) is 5.75 Å². The average molecular weight is 298 g/mol. The largest absolute Gasteiger partial charge is 0.493 e. The van der Waals surface area contributed by atoms with Gasteiger partial charge in [-0.15, -0.1) is 0 Å². The first-order valence-corrected chi connectivity index (χ1v) is 8.18. The van der Waals surface area contributed by atoms with Gasteiger partial charge in [0.05, 0.1) is 25.9 Å². The second-order valence-electron chi connectivity index (χ2n) is 4.86. The molecule has 2 aliphatic rings. The molecule has 2 aliphatic heterocycles. The van der Waals surface area contributed by atoms with Crippen LogP contribution in [-0.2, 0) is 14.9 Å². The van der Waals surface area contributed by atoms with Gasteiger partial charge >= 0.3 is 0 Å². The van der Waals surface area contributed by atoms with Gasteiger partial charge in [0.1, 0.15) is 5.75 Å². The van der Waals surface area contributed by atoms with Crippen molar-refractivity contribution >= 4 is 10.2 Å². The van der Waals surface area contributed by atoms with Crippen LogP contribution in [-0.4, -0.2) is 45.6 Å². The Balaban J connectivity index is 1.78. The van der Waals surface area contributed by atoms with E-state index < -0.39 is 10.2 Å². The highest BCUT2D eigenvalue weighted by atomic mass is 32.2. The summed E-state index contributed by atoms with van der Waals surface area (Å²) >= 11 is 0. The zero-order valence-corrected chi connectivity index (χ0v) is 11.9. The molecule has 2 heterocycles. The van der Waals surface area contributed by atoms with E-state index in [0.29, 0.717) is 39.3 Å². The van der Waals surface area contributed by atoms with Gasteiger partial charge in [-0.2, -0.15) is 17.4 Å². The Kier molecular flexibility index (Phi) is 3.93. The predicted octanol–water partition coefficient (Wildman–Crippen LogP) is 0.677. The molecule has 1 atom stereocenters. The standard InChI is InChI=1S/C13H18N2O4S/c16-20(17,15-6-9-18-10-7-15)14-12-5-8-19-13-4-2-1-3-11(12)13/h1-4,12,14H,5-10H2. The highest BCUT2D eigenvalue weighted by molar-refractivity contribution is 7.87. The van der Waals surface area contributed by atoms with E-state index in [2.05, 4.69) is 4.72 Å². The van der Waals surface area contributed by atoms with Crippen LogP contribution in [0.4, 0.5) is 0 Å². The van der Waals surface area contributed by atoms with Gasteiger partial charge in [0.2, 0.25) is 0 Å². The highest BCUT2D eigenvalue weighted by Gasteiger charge is 2.30. The zero-order valence-electron chi connectivity index (χ0n) is 11.1. The van der Waals surface area contributed by atoms with Crippen LogP contribution in [0, 0.1) is 0 Å². The molecule has 1 aromatic carbocycles. The SMILES string of the molecule is O=S(=O)(NC1CCOc2ccccc21)N1CCOCC1. The van der Waals surface area contributed by atoms with Gasteiger partial charge < -0.3 is 9.47 Å². The first-order chi connectivity index (χ1) is 9.67. The van der Waals surface area contributed by atoms with Gasteiger partial charge in [-0.3, -0.25) is 0 Å². The van der Waals surface area contributed by atoms with E-state index in [4.69, 9.17) is 9.47 Å². The monoisotopic (exact) mass is 298 g/mol. The Morgan fingerprint density at radius 1 is 1.15 bits per heavy atom. The lowest BCUT2D eigenvalue weighted by atomic mass is 10.0. The third-order valence-corrected chi connectivity index (χ3v) is 5.19. The van der Waals surface area contributed by atoms with E-state index in [0.717, 1.165) is 11.3 Å². The number of fused-ring (bicyclic) bond motifs is 1. The fourth-order valence-electron chi connectivity index (χ4n) is 2.51. The molecule has 0 aromatic heterocycles. The molecular formula is C13H18N2O4S. The Morgan fingerprint density at radius 2 is 1.90 bits per heavy atom. The number of para-hydroxylation sites is 1. The van der Waals surface area contributed by atoms with E-state index in [1.165, 1.54) is 4.31 Å². The zero-order chi connectivity index (χ0) is 14.0. The van der Waals surface area contributed by atoms with E-state index in [9.17, 15) is 8.42 Å². The van der Waals surface area contributed by atoms with Crippen molar-refractivity contribution in [1.29, 1.82) is 0 Å². The molecule has 110 valence electrons. The molecule has 3 rings (SSSR count). The lowest BCUT2D eigenvalue weighted by Crippen LogP contribution is -2.48. The van der Waals surface area contributed by atoms with Crippen molar-refractivity contribution < 1.29 is 17.9 Å². The molecule has 1 saturated heterocycles. The van der Waals surface area contributed by atoms with Crippen molar-refractivity contribution in [3.8, 4) is 5.75 Å². The van der Waals surface area contributed by atoms with Gasteiger partial charge in [-0.05, 0) is 6.07 Å². The molecule has 7 heteroatoms. The first-order valence-electron chi connectivity index (χ1n) is 6.74. The smallest absolute Gasteiger partial charge is 0.280 e. The second-order valence-corrected chi connectivity index (χ2v) is 6.56. The fraction of sp³-hybridized carbons (Fsp3) is 0.538. The number of nitrogens with zero attached hydrogens (tertiary/aromatic N) is 1. The number of hydrogen-bond donors (Lipinski definition) is 1. The molecule has 1 fully saturated rings. The topological polar surface area (TPSA) is 67.9 Å². The van der Waals surface area contributed by atoms with Gasteiger partial charge in [-0.25, -0.2) is 0 Å². The molecule has 0 aliphatic carbocycles. The first kappa shape index (κ1) is 13.8. The van der Waals surface area contributed by atoms with Gasteiger partial charge in [0, 0.05) is 25.1 Å². The number of rotatable bonds is 3. The maximum atomic E-state index is 12.4. The summed E-state index contributed by atoms with van der Waals surface area (Å²) in [5.74, 6) is 0.758. The Hall–Kier alpha value is -1.15. The summed E-state index contributed by atoms with van der Waals surface area (Å²) in [7, 11) is -3.48. The number of ether oxygens (including phenoxy) is 2. The summed E-state index contributed by atoms with van der Waals surface area (Å²) in [4.78, 5) is 0. The second kappa shape index (κ2) is 5.69. The van der Waals surface area contributed by atoms with Crippen LogP contribution < -0.4 is 9.46 Å². The summed E-state index contributed by atoms with van der Waals surface area (Å²) in [6.07, 6.45) is 0.639. The average Bonchev–Trinajstić information content (AvgIpc) is 2.48. The number of morpholine rings is 1. The minimum Gasteiger partial charge on any atom is -0.493 e. The maximum Gasteiger partial charge on any atom is 0.280 e. The molecule has 0 saturated carbocycles. The fourth-order valence-corrected chi connectivity index (χ4v) is 3.89. The van der Waals surface area contributed by atoms with E-state index in [1.54, 1.807) is 0 Å². The van der Waals surface area contributed by atoms with Gasteiger partial charge in [0.25, 0.3) is 10.2 Å². The number of hydrogen-bond acceptors (Lipinski definition) is 4. The molecule has 0 bridgehead atoms. The van der Waals surface area contributed by atoms with Crippen molar-refractivity contribution in [3.63, 3.8) is 0 Å². The highest BCUT2D eigenvalue weighted by Crippen LogP contribution is 2.32. The molecule has 0 spiro atoms. The molecule has 20 heavy (non-hydrogen) atoms. The van der Waals surface area contributed by atoms with Gasteiger partial charge in [-0.1, -0.05) is 18.2 Å². The van der Waals surface area contributed by atoms with Crippen molar-refractivity contribution in [1.82, 2.24) is 9.03 Å². The molecule has 0 radical (unpaired) electrons. The van der Waals surface area contributed by atoms with Crippen LogP contribution in [0.15, 0.2) is 24.3 Å². The third-order valence-electron chi connectivity index (χ3n) is 3.56. The van der Waals surface area contributed by atoms with Crippen LogP contribution in [0.2, 0.25) is 0 Å². The van der Waals surface area contributed by atoms with E-state index in [1.807, 2.05) is 24.3 Å². The Labute approximate surface area is 118 Å². The van der Waals surface area contributed by atoms with Crippen molar-refractivity contribution in [2.45, 2.75) is 12.5 Å². The summed E-state index contributed by atoms with van der Waals surface area (Å²) in [5.41, 5.74) is 0.899. The van der Waals surface area contributed by atoms with Crippen molar-refractivity contribution in [2.75, 3.05) is 32.9 Å². The minimum absolute atomic E-state index is 0.229. The summed E-state index contributed by atoms with van der Waals surface area (Å²) in [6.45, 7) is 2.23. The van der Waals surface area contributed by atoms with E-state index in [-0.39, 0.29) is 6.04 Å². The molecular weight excluding hydrogens is 280 g/mol. The summed E-state index contributed by atoms with van der Waals surface area (Å²) in [5, 5.41) is 0. The van der Waals surface area contributed by atoms with E-state index >= 15 is 0 Å². The van der Waals surface area contributed by atoms with Crippen molar-refractivity contribution in [2.24, 2.45) is 0 Å². The number of benzene rings is 1. The lowest BCUT2D eigenvalue weighted by Gasteiger charge is -2.31. The molecule has 0 amide bonds. The Morgan fingerprint density at radius 3 is 2.70 bits per heavy atom. The van der Waals surface area contributed by atoms with Crippen LogP contribution >= 0.6 is 0 Å². The quantitative estimate of drug-likeness (QED) is 0.891. The minimum atomic E-state index is -3.48. The predicted molar refractivity (Wildman–Crippen MR) is 73.7 cm³/mol. The summed E-state index contributed by atoms with van der Waals surface area (Å²) in [6, 6.07) is 7.32. The molecule has 6 nitrogen and oxygen atoms in total. The van der Waals surface area contributed by atoms with Gasteiger partial charge in [0.15, 0.2) is 0 Å². The van der Waals surface area contributed by atoms with Crippen LogP contribution in [0.25, 0.3) is 0 Å². The molecule has 1 aromatic rings. The maximum absolute atomic E-state index is 12.4. The number of nitrogens with one attached hydrogen (secondary N) is 1. The lowest BCUT2D eigenvalue weighted by molar-refractivity contribution is 0.0722. The molecule has 1 N–H and O–H groups in total. The third kappa shape index (κ3) is 2.80. The summed E-state index contributed by atoms with van der Waals surface area (Å²) < 4.78 is 39.7. The van der Waals surface area contributed by atoms with Crippen LogP contribution in [0.3, 0.4) is 0 Å².